The molecule has 0 spiro atoms. The maximum absolute atomic E-state index is 12.9. The monoisotopic (exact) mass is 378 g/mol. The van der Waals surface area contributed by atoms with Gasteiger partial charge in [0, 0.05) is 10.7 Å². The zero-order valence-corrected chi connectivity index (χ0v) is 12.3. The lowest BCUT2D eigenvalue weighted by Gasteiger charge is -2.09. The molecule has 1 aromatic heterocycles. The van der Waals surface area contributed by atoms with Gasteiger partial charge in [0.25, 0.3) is 0 Å². The highest BCUT2D eigenvalue weighted by Gasteiger charge is 2.06. The third kappa shape index (κ3) is 3.18. The normalized spacial score (nSPS) is 10.4. The van der Waals surface area contributed by atoms with E-state index < -0.39 is 0 Å². The number of aromatic nitrogens is 1. The van der Waals surface area contributed by atoms with Gasteiger partial charge in [0.15, 0.2) is 0 Å². The lowest BCUT2D eigenvalue weighted by atomic mass is 10.3. The number of benzene rings is 1. The molecule has 88 valence electrons. The largest absolute Gasteiger partial charge is 0.338 e. The minimum absolute atomic E-state index is 0.307. The first-order valence-electron chi connectivity index (χ1n) is 4.59. The summed E-state index contributed by atoms with van der Waals surface area (Å²) in [4.78, 5) is 4.18. The zero-order valence-electron chi connectivity index (χ0n) is 8.35. The van der Waals surface area contributed by atoms with Crippen molar-refractivity contribution in [3.8, 4) is 0 Å². The van der Waals surface area contributed by atoms with E-state index in [4.69, 9.17) is 11.6 Å². The molecule has 2 rings (SSSR count). The van der Waals surface area contributed by atoms with Gasteiger partial charge in [-0.1, -0.05) is 11.6 Å². The van der Waals surface area contributed by atoms with Crippen molar-refractivity contribution >= 4 is 55.0 Å². The van der Waals surface area contributed by atoms with Crippen LogP contribution in [0, 0.1) is 5.82 Å². The number of rotatable bonds is 2. The molecule has 2 nitrogen and oxygen atoms in total. The number of pyridine rings is 1. The van der Waals surface area contributed by atoms with Gasteiger partial charge in [-0.05, 0) is 56.1 Å². The minimum atomic E-state index is -0.372. The highest BCUT2D eigenvalue weighted by Crippen LogP contribution is 2.30. The zero-order chi connectivity index (χ0) is 12.4. The predicted octanol–water partition coefficient (Wildman–Crippen LogP) is 5.14. The lowest BCUT2D eigenvalue weighted by molar-refractivity contribution is 0.628. The highest BCUT2D eigenvalue weighted by atomic mass is 79.9. The first kappa shape index (κ1) is 12.8. The molecule has 0 unspecified atom stereocenters. The summed E-state index contributed by atoms with van der Waals surface area (Å²) in [6, 6.07) is 6.00. The lowest BCUT2D eigenvalue weighted by Crippen LogP contribution is -1.95. The Morgan fingerprint density at radius 3 is 2.65 bits per heavy atom. The standard InChI is InChI=1S/C11H6Br2ClFN2/c12-6-3-8(13)11(16-5-6)17-10-2-1-7(15)4-9(10)14/h1-5H,(H,16,17). The third-order valence-corrected chi connectivity index (χ3v) is 3.34. The molecule has 0 bridgehead atoms. The second-order valence-corrected chi connectivity index (χ2v) is 5.41. The SMILES string of the molecule is Fc1ccc(Nc2ncc(Br)cc2Br)c(Cl)c1. The Morgan fingerprint density at radius 1 is 1.24 bits per heavy atom. The summed E-state index contributed by atoms with van der Waals surface area (Å²) in [5, 5.41) is 3.32. The summed E-state index contributed by atoms with van der Waals surface area (Å²) in [6.45, 7) is 0. The van der Waals surface area contributed by atoms with E-state index in [-0.39, 0.29) is 5.82 Å². The topological polar surface area (TPSA) is 24.9 Å². The van der Waals surface area contributed by atoms with Gasteiger partial charge in [0.1, 0.15) is 11.6 Å². The van der Waals surface area contributed by atoms with E-state index in [1.807, 2.05) is 6.07 Å². The van der Waals surface area contributed by atoms with Crippen molar-refractivity contribution in [3.05, 3.63) is 50.2 Å². The van der Waals surface area contributed by atoms with Crippen molar-refractivity contribution in [3.63, 3.8) is 0 Å². The highest BCUT2D eigenvalue weighted by molar-refractivity contribution is 9.11. The van der Waals surface area contributed by atoms with Gasteiger partial charge in [-0.15, -0.1) is 0 Å². The Kier molecular flexibility index (Phi) is 4.01. The van der Waals surface area contributed by atoms with E-state index in [1.165, 1.54) is 12.1 Å². The van der Waals surface area contributed by atoms with E-state index in [1.54, 1.807) is 12.3 Å². The number of hydrogen-bond acceptors (Lipinski definition) is 2. The fourth-order valence-electron chi connectivity index (χ4n) is 1.22. The van der Waals surface area contributed by atoms with E-state index in [2.05, 4.69) is 42.2 Å². The van der Waals surface area contributed by atoms with Gasteiger partial charge < -0.3 is 5.32 Å². The van der Waals surface area contributed by atoms with Crippen LogP contribution in [-0.2, 0) is 0 Å². The second kappa shape index (κ2) is 5.33. The van der Waals surface area contributed by atoms with E-state index in [0.717, 1.165) is 8.95 Å². The van der Waals surface area contributed by atoms with Gasteiger partial charge in [-0.3, -0.25) is 0 Å². The third-order valence-electron chi connectivity index (χ3n) is 1.99. The van der Waals surface area contributed by atoms with Gasteiger partial charge in [-0.2, -0.15) is 0 Å². The van der Waals surface area contributed by atoms with Crippen LogP contribution in [0.2, 0.25) is 5.02 Å². The predicted molar refractivity (Wildman–Crippen MR) is 74.3 cm³/mol. The molecule has 6 heteroatoms. The van der Waals surface area contributed by atoms with Crippen LogP contribution in [0.4, 0.5) is 15.9 Å². The first-order chi connectivity index (χ1) is 8.06. The van der Waals surface area contributed by atoms with Crippen molar-refractivity contribution in [1.29, 1.82) is 0 Å². The van der Waals surface area contributed by atoms with Crippen LogP contribution in [0.3, 0.4) is 0 Å². The van der Waals surface area contributed by atoms with Crippen LogP contribution in [0.5, 0.6) is 0 Å². The van der Waals surface area contributed by atoms with Gasteiger partial charge >= 0.3 is 0 Å². The quantitative estimate of drug-likeness (QED) is 0.780. The second-order valence-electron chi connectivity index (χ2n) is 3.23. The molecule has 0 aliphatic heterocycles. The van der Waals surface area contributed by atoms with Crippen molar-refractivity contribution in [2.75, 3.05) is 5.32 Å². The molecule has 1 heterocycles. The summed E-state index contributed by atoms with van der Waals surface area (Å²) in [6.07, 6.45) is 1.66. The molecule has 0 saturated carbocycles. The molecule has 0 aliphatic rings. The molecule has 0 aliphatic carbocycles. The van der Waals surface area contributed by atoms with Crippen molar-refractivity contribution in [2.45, 2.75) is 0 Å². The number of halogens is 4. The number of nitrogens with zero attached hydrogens (tertiary/aromatic N) is 1. The summed E-state index contributed by atoms with van der Waals surface area (Å²) < 4.78 is 14.5. The van der Waals surface area contributed by atoms with Crippen LogP contribution in [0.15, 0.2) is 39.4 Å². The Bertz CT molecular complexity index is 514. The molecule has 0 fully saturated rings. The number of hydrogen-bond donors (Lipinski definition) is 1. The summed E-state index contributed by atoms with van der Waals surface area (Å²) in [5.41, 5.74) is 0.601. The van der Waals surface area contributed by atoms with Crippen LogP contribution >= 0.6 is 43.5 Å². The smallest absolute Gasteiger partial charge is 0.144 e. The molecule has 17 heavy (non-hydrogen) atoms. The molecule has 0 saturated heterocycles. The van der Waals surface area contributed by atoms with Crippen LogP contribution in [0.25, 0.3) is 0 Å². The van der Waals surface area contributed by atoms with Gasteiger partial charge in [-0.25, -0.2) is 9.37 Å². The van der Waals surface area contributed by atoms with Gasteiger partial charge in [0.2, 0.25) is 0 Å². The average molecular weight is 380 g/mol. The molecular weight excluding hydrogens is 374 g/mol. The summed E-state index contributed by atoms with van der Waals surface area (Å²) in [5.74, 6) is 0.241. The Balaban J connectivity index is 2.31. The minimum Gasteiger partial charge on any atom is -0.338 e. The van der Waals surface area contributed by atoms with Gasteiger partial charge in [0.05, 0.1) is 15.2 Å². The Morgan fingerprint density at radius 2 is 2.00 bits per heavy atom. The molecule has 0 amide bonds. The molecule has 1 aromatic carbocycles. The summed E-state index contributed by atoms with van der Waals surface area (Å²) >= 11 is 12.6. The molecular formula is C11H6Br2ClFN2. The summed E-state index contributed by atoms with van der Waals surface area (Å²) in [7, 11) is 0. The Hall–Kier alpha value is -0.650. The van der Waals surface area contributed by atoms with E-state index >= 15 is 0 Å². The van der Waals surface area contributed by atoms with Crippen LogP contribution < -0.4 is 5.32 Å². The van der Waals surface area contributed by atoms with Crippen LogP contribution in [0.1, 0.15) is 0 Å². The van der Waals surface area contributed by atoms with Crippen molar-refractivity contribution in [2.24, 2.45) is 0 Å². The average Bonchev–Trinajstić information content (AvgIpc) is 2.25. The first-order valence-corrected chi connectivity index (χ1v) is 6.56. The maximum atomic E-state index is 12.9. The van der Waals surface area contributed by atoms with E-state index in [9.17, 15) is 4.39 Å². The molecule has 1 N–H and O–H groups in total. The van der Waals surface area contributed by atoms with Crippen LogP contribution in [-0.4, -0.2) is 4.98 Å². The molecule has 2 aromatic rings. The van der Waals surface area contributed by atoms with Crippen molar-refractivity contribution in [1.82, 2.24) is 4.98 Å². The van der Waals surface area contributed by atoms with Crippen molar-refractivity contribution < 1.29 is 4.39 Å². The number of anilines is 2. The number of nitrogens with one attached hydrogen (secondary N) is 1. The fraction of sp³-hybridized carbons (Fsp3) is 0. The molecule has 0 radical (unpaired) electrons. The molecule has 0 atom stereocenters. The maximum Gasteiger partial charge on any atom is 0.144 e. The fourth-order valence-corrected chi connectivity index (χ4v) is 2.53. The Labute approximate surface area is 119 Å². The van der Waals surface area contributed by atoms with E-state index in [0.29, 0.717) is 16.5 Å².